The first-order valence-corrected chi connectivity index (χ1v) is 8.53. The molecule has 21 heavy (non-hydrogen) atoms. The fourth-order valence-corrected chi connectivity index (χ4v) is 3.53. The Morgan fingerprint density at radius 3 is 2.52 bits per heavy atom. The zero-order valence-corrected chi connectivity index (χ0v) is 14.9. The van der Waals surface area contributed by atoms with Crippen molar-refractivity contribution in [2.75, 3.05) is 20.8 Å². The Morgan fingerprint density at radius 2 is 1.95 bits per heavy atom. The molecule has 2 aromatic rings. The van der Waals surface area contributed by atoms with Crippen molar-refractivity contribution >= 4 is 27.3 Å². The summed E-state index contributed by atoms with van der Waals surface area (Å²) in [6.45, 7) is 3.06. The highest BCUT2D eigenvalue weighted by Crippen LogP contribution is 2.31. The lowest BCUT2D eigenvalue weighted by Gasteiger charge is -2.18. The van der Waals surface area contributed by atoms with Gasteiger partial charge < -0.3 is 14.8 Å². The van der Waals surface area contributed by atoms with E-state index in [9.17, 15) is 0 Å². The van der Waals surface area contributed by atoms with Crippen molar-refractivity contribution < 1.29 is 9.47 Å². The standard InChI is InChI=1S/C16H20BrNO2S/c1-4-18-13(12-9-16(17)21-10-12)7-11-5-6-14(19-2)15(8-11)20-3/h5-6,8-10,13,18H,4,7H2,1-3H3. The molecule has 0 radical (unpaired) electrons. The minimum atomic E-state index is 0.302. The van der Waals surface area contributed by atoms with Gasteiger partial charge in [-0.15, -0.1) is 11.3 Å². The number of ether oxygens (including phenoxy) is 2. The zero-order valence-electron chi connectivity index (χ0n) is 12.5. The van der Waals surface area contributed by atoms with Crippen molar-refractivity contribution in [1.29, 1.82) is 0 Å². The van der Waals surface area contributed by atoms with E-state index in [1.807, 2.05) is 12.1 Å². The van der Waals surface area contributed by atoms with Gasteiger partial charge in [0.1, 0.15) is 0 Å². The molecule has 0 aliphatic carbocycles. The van der Waals surface area contributed by atoms with E-state index >= 15 is 0 Å². The van der Waals surface area contributed by atoms with E-state index in [2.05, 4.69) is 45.7 Å². The van der Waals surface area contributed by atoms with Gasteiger partial charge in [-0.3, -0.25) is 0 Å². The Balaban J connectivity index is 2.20. The number of likely N-dealkylation sites (N-methyl/N-ethyl adjacent to an activating group) is 1. The van der Waals surface area contributed by atoms with Gasteiger partial charge in [0.2, 0.25) is 0 Å². The maximum atomic E-state index is 5.38. The predicted octanol–water partition coefficient (Wildman–Crippen LogP) is 4.42. The molecule has 1 heterocycles. The van der Waals surface area contributed by atoms with Gasteiger partial charge in [-0.1, -0.05) is 13.0 Å². The quantitative estimate of drug-likeness (QED) is 0.783. The monoisotopic (exact) mass is 369 g/mol. The molecule has 0 fully saturated rings. The summed E-state index contributed by atoms with van der Waals surface area (Å²) in [7, 11) is 3.32. The minimum Gasteiger partial charge on any atom is -0.493 e. The third-order valence-corrected chi connectivity index (χ3v) is 4.85. The van der Waals surface area contributed by atoms with Crippen LogP contribution in [0.2, 0.25) is 0 Å². The average Bonchev–Trinajstić information content (AvgIpc) is 2.93. The summed E-state index contributed by atoms with van der Waals surface area (Å²) < 4.78 is 11.8. The molecule has 1 atom stereocenters. The van der Waals surface area contributed by atoms with Crippen LogP contribution in [0.3, 0.4) is 0 Å². The normalized spacial score (nSPS) is 12.2. The van der Waals surface area contributed by atoms with Gasteiger partial charge in [0.05, 0.1) is 18.0 Å². The average molecular weight is 370 g/mol. The SMILES string of the molecule is CCNC(Cc1ccc(OC)c(OC)c1)c1csc(Br)c1. The van der Waals surface area contributed by atoms with E-state index in [1.54, 1.807) is 25.6 Å². The number of rotatable bonds is 7. The molecule has 0 spiro atoms. The summed E-state index contributed by atoms with van der Waals surface area (Å²) in [5.41, 5.74) is 2.53. The summed E-state index contributed by atoms with van der Waals surface area (Å²) in [4.78, 5) is 0. The summed E-state index contributed by atoms with van der Waals surface area (Å²) in [6, 6.07) is 8.58. The number of thiophene rings is 1. The molecule has 0 aliphatic rings. The van der Waals surface area contributed by atoms with Crippen LogP contribution in [0, 0.1) is 0 Å². The van der Waals surface area contributed by atoms with E-state index < -0.39 is 0 Å². The molecule has 3 nitrogen and oxygen atoms in total. The number of halogens is 1. The first kappa shape index (κ1) is 16.3. The van der Waals surface area contributed by atoms with Crippen molar-refractivity contribution in [1.82, 2.24) is 5.32 Å². The van der Waals surface area contributed by atoms with Crippen LogP contribution in [0.5, 0.6) is 11.5 Å². The van der Waals surface area contributed by atoms with Gasteiger partial charge in [0.15, 0.2) is 11.5 Å². The van der Waals surface area contributed by atoms with E-state index in [0.29, 0.717) is 6.04 Å². The molecular formula is C16H20BrNO2S. The molecule has 1 unspecified atom stereocenters. The Kier molecular flexibility index (Phi) is 6.08. The van der Waals surface area contributed by atoms with Crippen molar-refractivity contribution in [3.63, 3.8) is 0 Å². The number of methoxy groups -OCH3 is 2. The Labute approximate surface area is 138 Å². The van der Waals surface area contributed by atoms with Crippen LogP contribution in [0.15, 0.2) is 33.4 Å². The van der Waals surface area contributed by atoms with Gasteiger partial charge in [-0.25, -0.2) is 0 Å². The zero-order chi connectivity index (χ0) is 15.2. The van der Waals surface area contributed by atoms with Crippen LogP contribution in [-0.2, 0) is 6.42 Å². The number of hydrogen-bond donors (Lipinski definition) is 1. The largest absolute Gasteiger partial charge is 0.493 e. The Bertz CT molecular complexity index is 585. The molecule has 0 saturated carbocycles. The van der Waals surface area contributed by atoms with E-state index in [1.165, 1.54) is 11.1 Å². The fourth-order valence-electron chi connectivity index (χ4n) is 2.30. The molecule has 0 bridgehead atoms. The highest BCUT2D eigenvalue weighted by molar-refractivity contribution is 9.11. The molecule has 0 aliphatic heterocycles. The van der Waals surface area contributed by atoms with Gasteiger partial charge in [-0.2, -0.15) is 0 Å². The van der Waals surface area contributed by atoms with Crippen molar-refractivity contribution in [2.24, 2.45) is 0 Å². The first-order chi connectivity index (χ1) is 10.2. The third kappa shape index (κ3) is 4.22. The lowest BCUT2D eigenvalue weighted by atomic mass is 10.0. The molecule has 1 aromatic heterocycles. The third-order valence-electron chi connectivity index (χ3n) is 3.33. The molecule has 2 rings (SSSR count). The lowest BCUT2D eigenvalue weighted by Crippen LogP contribution is -2.22. The van der Waals surface area contributed by atoms with Crippen LogP contribution in [-0.4, -0.2) is 20.8 Å². The van der Waals surface area contributed by atoms with Crippen LogP contribution >= 0.6 is 27.3 Å². The molecule has 1 N–H and O–H groups in total. The Hall–Kier alpha value is -1.04. The summed E-state index contributed by atoms with van der Waals surface area (Å²) in [6.07, 6.45) is 0.914. The molecule has 1 aromatic carbocycles. The second-order valence-corrected chi connectivity index (χ2v) is 6.98. The first-order valence-electron chi connectivity index (χ1n) is 6.86. The predicted molar refractivity (Wildman–Crippen MR) is 91.7 cm³/mol. The van der Waals surface area contributed by atoms with Gasteiger partial charge in [0.25, 0.3) is 0 Å². The highest BCUT2D eigenvalue weighted by Gasteiger charge is 2.14. The molecule has 5 heteroatoms. The summed E-state index contributed by atoms with van der Waals surface area (Å²) in [5.74, 6) is 1.54. The van der Waals surface area contributed by atoms with E-state index in [-0.39, 0.29) is 0 Å². The topological polar surface area (TPSA) is 30.5 Å². The van der Waals surface area contributed by atoms with Crippen LogP contribution < -0.4 is 14.8 Å². The summed E-state index contributed by atoms with van der Waals surface area (Å²) in [5, 5.41) is 5.73. The number of hydrogen-bond acceptors (Lipinski definition) is 4. The van der Waals surface area contributed by atoms with Gasteiger partial charge in [-0.05, 0) is 63.6 Å². The van der Waals surface area contributed by atoms with Gasteiger partial charge in [0, 0.05) is 6.04 Å². The van der Waals surface area contributed by atoms with E-state index in [0.717, 1.165) is 28.3 Å². The summed E-state index contributed by atoms with van der Waals surface area (Å²) >= 11 is 5.25. The van der Waals surface area contributed by atoms with E-state index in [4.69, 9.17) is 9.47 Å². The molecule has 0 saturated heterocycles. The maximum Gasteiger partial charge on any atom is 0.160 e. The maximum absolute atomic E-state index is 5.38. The highest BCUT2D eigenvalue weighted by atomic mass is 79.9. The van der Waals surface area contributed by atoms with Crippen molar-refractivity contribution in [3.05, 3.63) is 44.6 Å². The van der Waals surface area contributed by atoms with Crippen LogP contribution in [0.25, 0.3) is 0 Å². The van der Waals surface area contributed by atoms with Crippen LogP contribution in [0.1, 0.15) is 24.1 Å². The minimum absolute atomic E-state index is 0.302. The second-order valence-electron chi connectivity index (χ2n) is 4.69. The fraction of sp³-hybridized carbons (Fsp3) is 0.375. The van der Waals surface area contributed by atoms with Crippen LogP contribution in [0.4, 0.5) is 0 Å². The molecule has 114 valence electrons. The van der Waals surface area contributed by atoms with Crippen molar-refractivity contribution in [3.8, 4) is 11.5 Å². The lowest BCUT2D eigenvalue weighted by molar-refractivity contribution is 0.354. The second kappa shape index (κ2) is 7.82. The van der Waals surface area contributed by atoms with Gasteiger partial charge >= 0.3 is 0 Å². The molecular weight excluding hydrogens is 350 g/mol. The Morgan fingerprint density at radius 1 is 1.19 bits per heavy atom. The van der Waals surface area contributed by atoms with Crippen molar-refractivity contribution in [2.45, 2.75) is 19.4 Å². The smallest absolute Gasteiger partial charge is 0.160 e. The number of benzene rings is 1. The molecule has 0 amide bonds. The number of nitrogens with one attached hydrogen (secondary N) is 1.